The lowest BCUT2D eigenvalue weighted by molar-refractivity contribution is 0.0741. The van der Waals surface area contributed by atoms with Crippen molar-refractivity contribution in [3.05, 3.63) is 72.6 Å². The van der Waals surface area contributed by atoms with Crippen molar-refractivity contribution in [1.29, 1.82) is 0 Å². The van der Waals surface area contributed by atoms with Crippen LogP contribution in [0.3, 0.4) is 0 Å². The summed E-state index contributed by atoms with van der Waals surface area (Å²) in [7, 11) is 0. The van der Waals surface area contributed by atoms with Crippen molar-refractivity contribution in [2.75, 3.05) is 31.1 Å². The molecule has 2 aromatic heterocycles. The predicted molar refractivity (Wildman–Crippen MR) is 102 cm³/mol. The number of hydrogen-bond donors (Lipinski definition) is 1. The Morgan fingerprint density at radius 1 is 1.07 bits per heavy atom. The second-order valence-corrected chi connectivity index (χ2v) is 6.77. The summed E-state index contributed by atoms with van der Waals surface area (Å²) in [5.74, 6) is 0.253. The predicted octanol–water partition coefficient (Wildman–Crippen LogP) is 2.02. The average Bonchev–Trinajstić information content (AvgIpc) is 3.17. The Hall–Kier alpha value is -3.22. The Morgan fingerprint density at radius 2 is 1.96 bits per heavy atom. The van der Waals surface area contributed by atoms with E-state index in [2.05, 4.69) is 37.2 Å². The SMILES string of the molecule is O=C(c1ccn[nH]1)N1CCN(c2ccccc2)C[C@@H](Cc2cnccn2)C1. The summed E-state index contributed by atoms with van der Waals surface area (Å²) < 4.78 is 0. The summed E-state index contributed by atoms with van der Waals surface area (Å²) in [6.45, 7) is 3.01. The number of amides is 1. The molecule has 1 aliphatic rings. The monoisotopic (exact) mass is 362 g/mol. The van der Waals surface area contributed by atoms with Crippen molar-refractivity contribution < 1.29 is 4.79 Å². The molecule has 3 heterocycles. The number of carbonyl (C=O) groups excluding carboxylic acids is 1. The standard InChI is InChI=1S/C20H22N6O/c27-20(19-6-7-23-24-19)26-11-10-25(18-4-2-1-3-5-18)14-16(15-26)12-17-13-21-8-9-22-17/h1-9,13,16H,10-12,14-15H2,(H,23,24)/t16-/m1/s1. The molecule has 1 N–H and O–H groups in total. The first kappa shape index (κ1) is 17.2. The molecular weight excluding hydrogens is 340 g/mol. The van der Waals surface area contributed by atoms with E-state index in [0.717, 1.165) is 25.2 Å². The van der Waals surface area contributed by atoms with Gasteiger partial charge in [0.2, 0.25) is 0 Å². The van der Waals surface area contributed by atoms with Crippen molar-refractivity contribution in [1.82, 2.24) is 25.1 Å². The third-order valence-electron chi connectivity index (χ3n) is 4.85. The first-order valence-electron chi connectivity index (χ1n) is 9.13. The van der Waals surface area contributed by atoms with Crippen LogP contribution in [0.5, 0.6) is 0 Å². The zero-order chi connectivity index (χ0) is 18.5. The molecule has 4 rings (SSSR count). The number of benzene rings is 1. The maximum atomic E-state index is 12.9. The van der Waals surface area contributed by atoms with E-state index in [4.69, 9.17) is 0 Å². The highest BCUT2D eigenvalue weighted by atomic mass is 16.2. The van der Waals surface area contributed by atoms with Crippen LogP contribution in [-0.2, 0) is 6.42 Å². The topological polar surface area (TPSA) is 78.0 Å². The van der Waals surface area contributed by atoms with Gasteiger partial charge in [0.05, 0.1) is 5.69 Å². The Morgan fingerprint density at radius 3 is 2.70 bits per heavy atom. The minimum Gasteiger partial charge on any atom is -0.369 e. The van der Waals surface area contributed by atoms with E-state index in [1.807, 2.05) is 23.1 Å². The summed E-state index contributed by atoms with van der Waals surface area (Å²) in [4.78, 5) is 25.7. The maximum absolute atomic E-state index is 12.9. The Balaban J connectivity index is 1.56. The van der Waals surface area contributed by atoms with E-state index in [1.54, 1.807) is 30.9 Å². The van der Waals surface area contributed by atoms with Crippen LogP contribution in [0.15, 0.2) is 61.2 Å². The summed E-state index contributed by atoms with van der Waals surface area (Å²) >= 11 is 0. The molecule has 3 aromatic rings. The quantitative estimate of drug-likeness (QED) is 0.768. The minimum absolute atomic E-state index is 0.00782. The number of rotatable bonds is 4. The highest BCUT2D eigenvalue weighted by Gasteiger charge is 2.27. The number of hydrogen-bond acceptors (Lipinski definition) is 5. The van der Waals surface area contributed by atoms with E-state index >= 15 is 0 Å². The van der Waals surface area contributed by atoms with Crippen molar-refractivity contribution >= 4 is 11.6 Å². The van der Waals surface area contributed by atoms with Gasteiger partial charge in [-0.2, -0.15) is 5.10 Å². The number of aromatic nitrogens is 4. The lowest BCUT2D eigenvalue weighted by Crippen LogP contribution is -2.36. The van der Waals surface area contributed by atoms with Crippen LogP contribution in [-0.4, -0.2) is 57.2 Å². The zero-order valence-corrected chi connectivity index (χ0v) is 15.0. The van der Waals surface area contributed by atoms with Gasteiger partial charge in [0, 0.05) is 56.7 Å². The number of carbonyl (C=O) groups is 1. The number of nitrogens with one attached hydrogen (secondary N) is 1. The van der Waals surface area contributed by atoms with Crippen LogP contribution in [0.4, 0.5) is 5.69 Å². The molecule has 1 aliphatic heterocycles. The van der Waals surface area contributed by atoms with Gasteiger partial charge in [-0.3, -0.25) is 19.9 Å². The number of aromatic amines is 1. The van der Waals surface area contributed by atoms with E-state index < -0.39 is 0 Å². The molecule has 0 aliphatic carbocycles. The highest BCUT2D eigenvalue weighted by molar-refractivity contribution is 5.92. The highest BCUT2D eigenvalue weighted by Crippen LogP contribution is 2.21. The number of nitrogens with zero attached hydrogens (tertiary/aromatic N) is 5. The van der Waals surface area contributed by atoms with Gasteiger partial charge in [0.25, 0.3) is 5.91 Å². The molecule has 0 spiro atoms. The molecule has 0 unspecified atom stereocenters. The van der Waals surface area contributed by atoms with Gasteiger partial charge in [-0.15, -0.1) is 0 Å². The van der Waals surface area contributed by atoms with Crippen molar-refractivity contribution in [3.63, 3.8) is 0 Å². The number of anilines is 1. The van der Waals surface area contributed by atoms with Crippen LogP contribution in [0, 0.1) is 5.92 Å². The van der Waals surface area contributed by atoms with Crippen LogP contribution in [0.1, 0.15) is 16.2 Å². The van der Waals surface area contributed by atoms with Crippen LogP contribution in [0.25, 0.3) is 0 Å². The molecule has 27 heavy (non-hydrogen) atoms. The zero-order valence-electron chi connectivity index (χ0n) is 15.0. The van der Waals surface area contributed by atoms with Crippen molar-refractivity contribution in [2.24, 2.45) is 5.92 Å². The summed E-state index contributed by atoms with van der Waals surface area (Å²) in [6.07, 6.45) is 7.59. The fourth-order valence-corrected chi connectivity index (χ4v) is 3.57. The molecule has 1 fully saturated rings. The largest absolute Gasteiger partial charge is 0.369 e. The summed E-state index contributed by atoms with van der Waals surface area (Å²) in [6, 6.07) is 12.1. The number of H-pyrrole nitrogens is 1. The van der Waals surface area contributed by atoms with Crippen molar-refractivity contribution in [2.45, 2.75) is 6.42 Å². The second-order valence-electron chi connectivity index (χ2n) is 6.77. The summed E-state index contributed by atoms with van der Waals surface area (Å²) in [5, 5.41) is 6.69. The molecule has 1 aromatic carbocycles. The second kappa shape index (κ2) is 7.99. The van der Waals surface area contributed by atoms with Gasteiger partial charge < -0.3 is 9.80 Å². The van der Waals surface area contributed by atoms with Gasteiger partial charge in [-0.1, -0.05) is 18.2 Å². The molecule has 1 atom stereocenters. The average molecular weight is 362 g/mol. The minimum atomic E-state index is -0.00782. The van der Waals surface area contributed by atoms with E-state index in [0.29, 0.717) is 18.8 Å². The van der Waals surface area contributed by atoms with Crippen molar-refractivity contribution in [3.8, 4) is 0 Å². The lowest BCUT2D eigenvalue weighted by Gasteiger charge is -2.25. The van der Waals surface area contributed by atoms with Crippen LogP contribution in [0.2, 0.25) is 0 Å². The van der Waals surface area contributed by atoms with Gasteiger partial charge in [0.15, 0.2) is 0 Å². The smallest absolute Gasteiger partial charge is 0.271 e. The molecule has 7 nitrogen and oxygen atoms in total. The fourth-order valence-electron chi connectivity index (χ4n) is 3.57. The van der Waals surface area contributed by atoms with E-state index in [-0.39, 0.29) is 11.8 Å². The van der Waals surface area contributed by atoms with Gasteiger partial charge in [-0.25, -0.2) is 0 Å². The molecular formula is C20H22N6O. The molecule has 7 heteroatoms. The Kier molecular flexibility index (Phi) is 5.09. The van der Waals surface area contributed by atoms with Gasteiger partial charge in [0.1, 0.15) is 5.69 Å². The molecule has 138 valence electrons. The number of para-hydroxylation sites is 1. The van der Waals surface area contributed by atoms with Gasteiger partial charge in [-0.05, 0) is 30.5 Å². The first-order valence-corrected chi connectivity index (χ1v) is 9.13. The van der Waals surface area contributed by atoms with E-state index in [9.17, 15) is 4.79 Å². The van der Waals surface area contributed by atoms with E-state index in [1.165, 1.54) is 5.69 Å². The molecule has 0 radical (unpaired) electrons. The Labute approximate surface area is 158 Å². The first-order chi connectivity index (χ1) is 13.3. The molecule has 0 saturated carbocycles. The Bertz CT molecular complexity index is 853. The fraction of sp³-hybridized carbons (Fsp3) is 0.300. The molecule has 0 bridgehead atoms. The third-order valence-corrected chi connectivity index (χ3v) is 4.85. The van der Waals surface area contributed by atoms with Gasteiger partial charge >= 0.3 is 0 Å². The lowest BCUT2D eigenvalue weighted by atomic mass is 10.0. The maximum Gasteiger partial charge on any atom is 0.271 e. The van der Waals surface area contributed by atoms with Crippen LogP contribution >= 0.6 is 0 Å². The normalized spacial score (nSPS) is 17.6. The molecule has 1 saturated heterocycles. The summed E-state index contributed by atoms with van der Waals surface area (Å²) in [5.41, 5.74) is 2.66. The van der Waals surface area contributed by atoms with Crippen LogP contribution < -0.4 is 4.90 Å². The molecule has 1 amide bonds. The third kappa shape index (κ3) is 4.13.